The van der Waals surface area contributed by atoms with E-state index in [4.69, 9.17) is 26.1 Å². The minimum absolute atomic E-state index is 0.00432. The van der Waals surface area contributed by atoms with Crippen molar-refractivity contribution in [2.75, 3.05) is 32.6 Å². The highest BCUT2D eigenvalue weighted by Gasteiger charge is 2.38. The summed E-state index contributed by atoms with van der Waals surface area (Å²) in [5.41, 5.74) is 2.62. The second-order valence-electron chi connectivity index (χ2n) is 9.84. The van der Waals surface area contributed by atoms with E-state index in [1.165, 1.54) is 11.8 Å². The summed E-state index contributed by atoms with van der Waals surface area (Å²) in [5.74, 6) is 0.417. The van der Waals surface area contributed by atoms with Gasteiger partial charge in [0.1, 0.15) is 16.6 Å². The highest BCUT2D eigenvalue weighted by molar-refractivity contribution is 6.31. The number of fused-ring (bicyclic) bond motifs is 1. The number of aromatic nitrogens is 2. The molecule has 2 aromatic heterocycles. The third kappa shape index (κ3) is 5.16. The lowest BCUT2D eigenvalue weighted by Crippen LogP contribution is -2.37. The van der Waals surface area contributed by atoms with Crippen molar-refractivity contribution >= 4 is 35.1 Å². The van der Waals surface area contributed by atoms with Gasteiger partial charge < -0.3 is 19.7 Å². The number of imide groups is 1. The quantitative estimate of drug-likeness (QED) is 0.622. The molecule has 1 N–H and O–H groups in total. The van der Waals surface area contributed by atoms with Gasteiger partial charge in [0.2, 0.25) is 0 Å². The monoisotopic (exact) mass is 487 g/mol. The van der Waals surface area contributed by atoms with Crippen molar-refractivity contribution in [2.45, 2.75) is 51.8 Å². The summed E-state index contributed by atoms with van der Waals surface area (Å²) in [4.78, 5) is 38.0. The van der Waals surface area contributed by atoms with Gasteiger partial charge in [0.15, 0.2) is 0 Å². The third-order valence-electron chi connectivity index (χ3n) is 5.62. The molecule has 182 valence electrons. The minimum Gasteiger partial charge on any atom is -0.443 e. The fourth-order valence-electron chi connectivity index (χ4n) is 4.14. The first kappa shape index (κ1) is 24.4. The number of rotatable bonds is 5. The first-order valence-corrected chi connectivity index (χ1v) is 11.6. The van der Waals surface area contributed by atoms with Gasteiger partial charge in [-0.1, -0.05) is 17.7 Å². The zero-order valence-electron chi connectivity index (χ0n) is 20.1. The molecule has 4 heterocycles. The minimum atomic E-state index is -0.728. The number of hydrogen-bond acceptors (Lipinski definition) is 8. The molecule has 0 bridgehead atoms. The van der Waals surface area contributed by atoms with E-state index in [1.807, 2.05) is 20.2 Å². The van der Waals surface area contributed by atoms with E-state index in [0.29, 0.717) is 41.7 Å². The SMILES string of the molecule is CN(C)Cc1nc(Nc2cnc(Cl)c3c2C(=O)N(C(=O)OC(C)(C)C)C3)ccc1C1CCOC1. The van der Waals surface area contributed by atoms with Gasteiger partial charge in [-0.05, 0) is 52.9 Å². The number of carbonyl (C=O) groups excluding carboxylic acids is 2. The molecule has 1 fully saturated rings. The van der Waals surface area contributed by atoms with Crippen LogP contribution in [0.2, 0.25) is 5.15 Å². The summed E-state index contributed by atoms with van der Waals surface area (Å²) in [6.07, 6.45) is 1.74. The predicted octanol–water partition coefficient (Wildman–Crippen LogP) is 4.33. The summed E-state index contributed by atoms with van der Waals surface area (Å²) in [7, 11) is 3.99. The van der Waals surface area contributed by atoms with Crippen LogP contribution in [0.5, 0.6) is 0 Å². The molecule has 2 amide bonds. The summed E-state index contributed by atoms with van der Waals surface area (Å²) in [5, 5.41) is 3.40. The van der Waals surface area contributed by atoms with Crippen LogP contribution in [-0.4, -0.2) is 64.7 Å². The molecule has 1 atom stereocenters. The Bertz CT molecular complexity index is 1110. The summed E-state index contributed by atoms with van der Waals surface area (Å²) < 4.78 is 11.0. The van der Waals surface area contributed by atoms with Gasteiger partial charge in [0, 0.05) is 24.6 Å². The van der Waals surface area contributed by atoms with Crippen LogP contribution in [0.25, 0.3) is 0 Å². The lowest BCUT2D eigenvalue weighted by molar-refractivity contribution is 0.0248. The second kappa shape index (κ2) is 9.48. The lowest BCUT2D eigenvalue weighted by atomic mass is 9.96. The molecule has 2 aromatic rings. The van der Waals surface area contributed by atoms with E-state index in [9.17, 15) is 9.59 Å². The van der Waals surface area contributed by atoms with Gasteiger partial charge in [-0.25, -0.2) is 19.7 Å². The van der Waals surface area contributed by atoms with Gasteiger partial charge in [-0.2, -0.15) is 0 Å². The molecule has 10 heteroatoms. The molecule has 1 saturated heterocycles. The maximum absolute atomic E-state index is 13.2. The number of carbonyl (C=O) groups is 2. The molecule has 0 aromatic carbocycles. The van der Waals surface area contributed by atoms with E-state index < -0.39 is 17.6 Å². The Morgan fingerprint density at radius 2 is 2.12 bits per heavy atom. The van der Waals surface area contributed by atoms with E-state index in [-0.39, 0.29) is 11.7 Å². The lowest BCUT2D eigenvalue weighted by Gasteiger charge is -2.23. The average molecular weight is 488 g/mol. The standard InChI is InChI=1S/C24H30ClN5O4/c1-24(2,3)34-23(32)30-11-16-20(22(30)31)17(10-26-21(16)25)27-19-7-6-15(14-8-9-33-13-14)18(28-19)12-29(4)5/h6-7,10,14H,8-9,11-13H2,1-5H3,(H,27,28). The predicted molar refractivity (Wildman–Crippen MR) is 128 cm³/mol. The van der Waals surface area contributed by atoms with E-state index in [2.05, 4.69) is 21.3 Å². The van der Waals surface area contributed by atoms with Crippen LogP contribution in [-0.2, 0) is 22.6 Å². The van der Waals surface area contributed by atoms with E-state index in [1.54, 1.807) is 20.8 Å². The number of nitrogens with zero attached hydrogens (tertiary/aromatic N) is 4. The Morgan fingerprint density at radius 1 is 1.35 bits per heavy atom. The van der Waals surface area contributed by atoms with Gasteiger partial charge in [-0.15, -0.1) is 0 Å². The number of hydrogen-bond donors (Lipinski definition) is 1. The van der Waals surface area contributed by atoms with Gasteiger partial charge >= 0.3 is 6.09 Å². The van der Waals surface area contributed by atoms with Crippen LogP contribution in [0.3, 0.4) is 0 Å². The molecule has 0 saturated carbocycles. The normalized spacial score (nSPS) is 17.9. The van der Waals surface area contributed by atoms with Crippen LogP contribution in [0.4, 0.5) is 16.3 Å². The molecule has 0 radical (unpaired) electrons. The average Bonchev–Trinajstić information content (AvgIpc) is 3.38. The first-order chi connectivity index (χ1) is 16.0. The van der Waals surface area contributed by atoms with Crippen molar-refractivity contribution < 1.29 is 19.1 Å². The van der Waals surface area contributed by atoms with E-state index >= 15 is 0 Å². The number of nitrogens with one attached hydrogen (secondary N) is 1. The highest BCUT2D eigenvalue weighted by Crippen LogP contribution is 2.36. The van der Waals surface area contributed by atoms with Crippen LogP contribution < -0.4 is 5.32 Å². The molecule has 34 heavy (non-hydrogen) atoms. The van der Waals surface area contributed by atoms with Crippen LogP contribution in [0, 0.1) is 0 Å². The van der Waals surface area contributed by atoms with Crippen molar-refractivity contribution in [2.24, 2.45) is 0 Å². The smallest absolute Gasteiger partial charge is 0.417 e. The third-order valence-corrected chi connectivity index (χ3v) is 5.95. The molecule has 2 aliphatic rings. The zero-order valence-corrected chi connectivity index (χ0v) is 20.9. The van der Waals surface area contributed by atoms with Crippen LogP contribution in [0.15, 0.2) is 18.3 Å². The maximum Gasteiger partial charge on any atom is 0.417 e. The number of amides is 2. The molecular formula is C24H30ClN5O4. The fraction of sp³-hybridized carbons (Fsp3) is 0.500. The Hall–Kier alpha value is -2.75. The molecular weight excluding hydrogens is 458 g/mol. The maximum atomic E-state index is 13.2. The first-order valence-electron chi connectivity index (χ1n) is 11.2. The van der Waals surface area contributed by atoms with Gasteiger partial charge in [-0.3, -0.25) is 4.79 Å². The van der Waals surface area contributed by atoms with Gasteiger partial charge in [0.05, 0.1) is 36.3 Å². The molecule has 0 aliphatic carbocycles. The van der Waals surface area contributed by atoms with Crippen LogP contribution in [0.1, 0.15) is 60.3 Å². The summed E-state index contributed by atoms with van der Waals surface area (Å²) >= 11 is 6.29. The number of pyridine rings is 2. The number of ether oxygens (including phenoxy) is 2. The largest absolute Gasteiger partial charge is 0.443 e. The number of anilines is 2. The van der Waals surface area contributed by atoms with Crippen molar-refractivity contribution in [1.29, 1.82) is 0 Å². The molecule has 9 nitrogen and oxygen atoms in total. The van der Waals surface area contributed by atoms with Crippen molar-refractivity contribution in [3.8, 4) is 0 Å². The highest BCUT2D eigenvalue weighted by atomic mass is 35.5. The Labute approximate surface area is 204 Å². The van der Waals surface area contributed by atoms with Crippen molar-refractivity contribution in [3.05, 3.63) is 45.9 Å². The van der Waals surface area contributed by atoms with Gasteiger partial charge in [0.25, 0.3) is 5.91 Å². The van der Waals surface area contributed by atoms with Crippen molar-refractivity contribution in [1.82, 2.24) is 19.8 Å². The molecule has 0 spiro atoms. The number of halogens is 1. The Kier molecular flexibility index (Phi) is 6.80. The zero-order chi connectivity index (χ0) is 24.6. The second-order valence-corrected chi connectivity index (χ2v) is 10.2. The molecule has 2 aliphatic heterocycles. The Morgan fingerprint density at radius 3 is 2.76 bits per heavy atom. The van der Waals surface area contributed by atoms with E-state index in [0.717, 1.165) is 23.6 Å². The topological polar surface area (TPSA) is 96.9 Å². The molecule has 4 rings (SSSR count). The summed E-state index contributed by atoms with van der Waals surface area (Å²) in [6.45, 7) is 7.37. The van der Waals surface area contributed by atoms with Crippen LogP contribution >= 0.6 is 11.6 Å². The summed E-state index contributed by atoms with van der Waals surface area (Å²) in [6, 6.07) is 3.95. The van der Waals surface area contributed by atoms with Crippen molar-refractivity contribution in [3.63, 3.8) is 0 Å². The Balaban J connectivity index is 1.63. The fourth-order valence-corrected chi connectivity index (χ4v) is 4.34. The molecule has 1 unspecified atom stereocenters.